The Hall–Kier alpha value is -3.72. The maximum absolute atomic E-state index is 12.0. The largest absolute Gasteiger partial charge is 0.457 e. The molecule has 3 aromatic carbocycles. The van der Waals surface area contributed by atoms with E-state index in [4.69, 9.17) is 23.7 Å². The number of ether oxygens (including phenoxy) is 5. The molecule has 0 spiro atoms. The predicted octanol–water partition coefficient (Wildman–Crippen LogP) is 5.48. The van der Waals surface area contributed by atoms with Crippen LogP contribution in [-0.2, 0) is 34.1 Å². The van der Waals surface area contributed by atoms with Gasteiger partial charge in [0.25, 0.3) is 0 Å². The molecular weight excluding hydrogens is 498 g/mol. The Kier molecular flexibility index (Phi) is 7.70. The van der Waals surface area contributed by atoms with Gasteiger partial charge in [0.05, 0.1) is 12.6 Å². The third-order valence-corrected chi connectivity index (χ3v) is 6.92. The topological polar surface area (TPSA) is 112 Å². The molecule has 0 bridgehead atoms. The summed E-state index contributed by atoms with van der Waals surface area (Å²) < 4.78 is 30.5. The highest BCUT2D eigenvalue weighted by Gasteiger charge is 2.58. The Morgan fingerprint density at radius 2 is 1.46 bits per heavy atom. The van der Waals surface area contributed by atoms with Gasteiger partial charge in [0.15, 0.2) is 24.3 Å². The monoisotopic (exact) mass is 529 g/mol. The molecule has 9 heteroatoms. The number of carbonyl (C=O) groups excluding carboxylic acids is 1. The normalized spacial score (nSPS) is 24.4. The molecule has 0 aromatic heterocycles. The van der Waals surface area contributed by atoms with Gasteiger partial charge in [-0.25, -0.2) is 0 Å². The number of hydrogen-bond donors (Lipinski definition) is 0. The average molecular weight is 530 g/mol. The first-order valence-electron chi connectivity index (χ1n) is 12.9. The quantitative estimate of drug-likeness (QED) is 0.119. The first-order valence-corrected chi connectivity index (χ1v) is 12.9. The molecule has 5 rings (SSSR count). The van der Waals surface area contributed by atoms with E-state index >= 15 is 0 Å². The summed E-state index contributed by atoms with van der Waals surface area (Å²) in [5.74, 6) is -1.41. The van der Waals surface area contributed by atoms with Crippen LogP contribution >= 0.6 is 0 Å². The Morgan fingerprint density at radius 3 is 1.92 bits per heavy atom. The fourth-order valence-electron chi connectivity index (χ4n) is 5.38. The zero-order valence-electron chi connectivity index (χ0n) is 22.0. The molecule has 0 radical (unpaired) electrons. The number of azide groups is 1. The standard InChI is InChI=1S/C30H31N3O6/c1-20(34)36-26-25(37-28-27(26)38-29(2,3)39-28)24(32-33-31)19-35-30(21-13-7-4-8-14-21,22-15-9-5-10-16-22)23-17-11-6-12-18-23/h4-18,24-28H,19H2,1-3H3/t24-,25-,26-,27-,28-/m1/s1. The third kappa shape index (κ3) is 5.41. The average Bonchev–Trinajstić information content (AvgIpc) is 3.41. The fourth-order valence-corrected chi connectivity index (χ4v) is 5.38. The highest BCUT2D eigenvalue weighted by atomic mass is 16.8. The number of esters is 1. The second kappa shape index (κ2) is 11.2. The summed E-state index contributed by atoms with van der Waals surface area (Å²) in [4.78, 5) is 15.1. The Bertz CT molecular complexity index is 1220. The summed E-state index contributed by atoms with van der Waals surface area (Å²) in [6.07, 6.45) is -3.16. The van der Waals surface area contributed by atoms with E-state index in [1.54, 1.807) is 13.8 Å². The molecule has 2 aliphatic rings. The van der Waals surface area contributed by atoms with Gasteiger partial charge >= 0.3 is 5.97 Å². The molecule has 9 nitrogen and oxygen atoms in total. The van der Waals surface area contributed by atoms with Crippen LogP contribution in [0.15, 0.2) is 96.1 Å². The van der Waals surface area contributed by atoms with Gasteiger partial charge in [-0.2, -0.15) is 0 Å². The lowest BCUT2D eigenvalue weighted by Crippen LogP contribution is -2.46. The summed E-state index contributed by atoms with van der Waals surface area (Å²) in [7, 11) is 0. The van der Waals surface area contributed by atoms with Gasteiger partial charge in [0.1, 0.15) is 11.7 Å². The van der Waals surface area contributed by atoms with Crippen LogP contribution < -0.4 is 0 Å². The molecule has 2 aliphatic heterocycles. The Labute approximate surface area is 227 Å². The molecule has 0 N–H and O–H groups in total. The van der Waals surface area contributed by atoms with Gasteiger partial charge in [-0.05, 0) is 36.1 Å². The molecule has 202 valence electrons. The minimum Gasteiger partial charge on any atom is -0.457 e. The highest BCUT2D eigenvalue weighted by molar-refractivity contribution is 5.66. The minimum atomic E-state index is -1.03. The van der Waals surface area contributed by atoms with E-state index in [9.17, 15) is 10.3 Å². The van der Waals surface area contributed by atoms with Crippen LogP contribution in [0.2, 0.25) is 0 Å². The van der Waals surface area contributed by atoms with Crippen LogP contribution in [0.25, 0.3) is 10.4 Å². The van der Waals surface area contributed by atoms with E-state index in [-0.39, 0.29) is 6.61 Å². The molecule has 2 fully saturated rings. The molecule has 2 heterocycles. The third-order valence-electron chi connectivity index (χ3n) is 6.92. The zero-order chi connectivity index (χ0) is 27.5. The molecule has 3 aromatic rings. The number of carbonyl (C=O) groups is 1. The van der Waals surface area contributed by atoms with Crippen molar-refractivity contribution in [2.24, 2.45) is 5.11 Å². The molecule has 0 unspecified atom stereocenters. The lowest BCUT2D eigenvalue weighted by Gasteiger charge is -2.37. The van der Waals surface area contributed by atoms with Crippen LogP contribution in [0.4, 0.5) is 0 Å². The summed E-state index contributed by atoms with van der Waals surface area (Å²) >= 11 is 0. The van der Waals surface area contributed by atoms with Crippen molar-refractivity contribution < 1.29 is 28.5 Å². The summed E-state index contributed by atoms with van der Waals surface area (Å²) in [6, 6.07) is 28.7. The number of fused-ring (bicyclic) bond motifs is 1. The van der Waals surface area contributed by atoms with Gasteiger partial charge in [0, 0.05) is 11.8 Å². The molecule has 0 amide bonds. The van der Waals surface area contributed by atoms with Crippen LogP contribution in [-0.4, -0.2) is 49.0 Å². The molecule has 5 atom stereocenters. The maximum atomic E-state index is 12.0. The van der Waals surface area contributed by atoms with Crippen molar-refractivity contribution in [2.75, 3.05) is 6.61 Å². The number of nitrogens with zero attached hydrogens (tertiary/aromatic N) is 3. The summed E-state index contributed by atoms with van der Waals surface area (Å²) in [5, 5.41) is 4.04. The maximum Gasteiger partial charge on any atom is 0.303 e. The summed E-state index contributed by atoms with van der Waals surface area (Å²) in [6.45, 7) is 4.79. The van der Waals surface area contributed by atoms with Crippen molar-refractivity contribution in [3.63, 3.8) is 0 Å². The van der Waals surface area contributed by atoms with Crippen LogP contribution in [0, 0.1) is 0 Å². The second-order valence-electron chi connectivity index (χ2n) is 10.0. The predicted molar refractivity (Wildman–Crippen MR) is 142 cm³/mol. The van der Waals surface area contributed by atoms with Crippen LogP contribution in [0.5, 0.6) is 0 Å². The molecule has 39 heavy (non-hydrogen) atoms. The first kappa shape index (κ1) is 26.9. The highest BCUT2D eigenvalue weighted by Crippen LogP contribution is 2.43. The van der Waals surface area contributed by atoms with E-state index in [0.29, 0.717) is 0 Å². The van der Waals surface area contributed by atoms with Crippen molar-refractivity contribution in [3.05, 3.63) is 118 Å². The smallest absolute Gasteiger partial charge is 0.303 e. The lowest BCUT2D eigenvalue weighted by molar-refractivity contribution is -0.222. The first-order chi connectivity index (χ1) is 18.8. The SMILES string of the molecule is CC(=O)O[C@H]1[C@H]2OC(C)(C)O[C@H]2O[C@@H]1[C@@H](COC(c1ccccc1)(c1ccccc1)c1ccccc1)N=[N+]=[N-]. The van der Waals surface area contributed by atoms with Crippen molar-refractivity contribution >= 4 is 5.97 Å². The summed E-state index contributed by atoms with van der Waals surface area (Å²) in [5.41, 5.74) is 11.2. The van der Waals surface area contributed by atoms with E-state index in [1.165, 1.54) is 6.92 Å². The van der Waals surface area contributed by atoms with E-state index in [2.05, 4.69) is 10.0 Å². The van der Waals surface area contributed by atoms with Crippen molar-refractivity contribution in [1.29, 1.82) is 0 Å². The fraction of sp³-hybridized carbons (Fsp3) is 0.367. The lowest BCUT2D eigenvalue weighted by atomic mass is 9.80. The van der Waals surface area contributed by atoms with Crippen molar-refractivity contribution in [2.45, 2.75) is 62.8 Å². The number of rotatable bonds is 9. The Morgan fingerprint density at radius 1 is 0.949 bits per heavy atom. The Balaban J connectivity index is 1.54. The van der Waals surface area contributed by atoms with E-state index in [0.717, 1.165) is 16.7 Å². The van der Waals surface area contributed by atoms with Gasteiger partial charge in [-0.1, -0.05) is 96.1 Å². The van der Waals surface area contributed by atoms with Crippen LogP contribution in [0.1, 0.15) is 37.5 Å². The number of benzene rings is 3. The van der Waals surface area contributed by atoms with Crippen molar-refractivity contribution in [1.82, 2.24) is 0 Å². The van der Waals surface area contributed by atoms with Gasteiger partial charge in [-0.3, -0.25) is 4.79 Å². The van der Waals surface area contributed by atoms with E-state index in [1.807, 2.05) is 91.0 Å². The molecule has 0 aliphatic carbocycles. The number of hydrogen-bond acceptors (Lipinski definition) is 7. The molecular formula is C30H31N3O6. The van der Waals surface area contributed by atoms with Crippen LogP contribution in [0.3, 0.4) is 0 Å². The second-order valence-corrected chi connectivity index (χ2v) is 10.0. The molecule has 0 saturated carbocycles. The van der Waals surface area contributed by atoms with Gasteiger partial charge < -0.3 is 23.7 Å². The molecule has 2 saturated heterocycles. The van der Waals surface area contributed by atoms with E-state index < -0.39 is 48.0 Å². The van der Waals surface area contributed by atoms with Crippen molar-refractivity contribution in [3.8, 4) is 0 Å². The van der Waals surface area contributed by atoms with Gasteiger partial charge in [0.2, 0.25) is 0 Å². The zero-order valence-corrected chi connectivity index (χ0v) is 22.0. The minimum absolute atomic E-state index is 0.0476. The van der Waals surface area contributed by atoms with Gasteiger partial charge in [-0.15, -0.1) is 0 Å².